The normalized spacial score (nSPS) is 12.7. The predicted molar refractivity (Wildman–Crippen MR) is 64.6 cm³/mol. The van der Waals surface area contributed by atoms with E-state index in [9.17, 15) is 0 Å². The summed E-state index contributed by atoms with van der Waals surface area (Å²) in [6, 6.07) is 8.06. The highest BCUT2D eigenvalue weighted by atomic mass is 14.9. The molecule has 0 atom stereocenters. The van der Waals surface area contributed by atoms with E-state index in [0.717, 1.165) is 16.9 Å². The van der Waals surface area contributed by atoms with Crippen LogP contribution in [0.1, 0.15) is 26.6 Å². The molecule has 0 unspecified atom stereocenters. The van der Waals surface area contributed by atoms with E-state index in [1.165, 1.54) is 0 Å². The van der Waals surface area contributed by atoms with Gasteiger partial charge in [0, 0.05) is 0 Å². The molecule has 1 aromatic carbocycles. The number of aromatic nitrogens is 2. The first-order valence-corrected chi connectivity index (χ1v) is 5.19. The Hall–Kier alpha value is -1.57. The van der Waals surface area contributed by atoms with Crippen molar-refractivity contribution in [2.24, 2.45) is 5.41 Å². The third-order valence-corrected chi connectivity index (χ3v) is 2.15. The zero-order valence-electron chi connectivity index (χ0n) is 9.41. The zero-order valence-corrected chi connectivity index (χ0v) is 9.41. The Kier molecular flexibility index (Phi) is 2.35. The van der Waals surface area contributed by atoms with Crippen molar-refractivity contribution in [1.29, 1.82) is 0 Å². The van der Waals surface area contributed by atoms with Crippen LogP contribution in [-0.4, -0.2) is 9.97 Å². The lowest BCUT2D eigenvalue weighted by molar-refractivity contribution is 0.547. The molecule has 1 N–H and O–H groups in total. The maximum absolute atomic E-state index is 4.47. The van der Waals surface area contributed by atoms with Crippen LogP contribution in [0.5, 0.6) is 0 Å². The molecule has 0 radical (unpaired) electrons. The number of imidazole rings is 1. The number of para-hydroxylation sites is 2. The molecule has 2 aromatic rings. The number of hydrogen-bond acceptors (Lipinski definition) is 1. The van der Waals surface area contributed by atoms with E-state index in [4.69, 9.17) is 0 Å². The van der Waals surface area contributed by atoms with Crippen molar-refractivity contribution >= 4 is 17.1 Å². The molecule has 15 heavy (non-hydrogen) atoms. The zero-order chi connectivity index (χ0) is 10.9. The molecule has 0 aliphatic heterocycles. The first-order chi connectivity index (χ1) is 7.04. The van der Waals surface area contributed by atoms with Crippen molar-refractivity contribution in [3.63, 3.8) is 0 Å². The predicted octanol–water partition coefficient (Wildman–Crippen LogP) is 3.62. The molecule has 2 rings (SSSR count). The van der Waals surface area contributed by atoms with Crippen LogP contribution in [-0.2, 0) is 0 Å². The Labute approximate surface area is 90.0 Å². The SMILES string of the molecule is CC(C)(C)/C=C/c1nc2ccccc2[nH]1. The fraction of sp³-hybridized carbons (Fsp3) is 0.308. The molecule has 0 aliphatic rings. The molecule has 2 heteroatoms. The number of benzene rings is 1. The highest BCUT2D eigenvalue weighted by molar-refractivity contribution is 5.76. The Bertz CT molecular complexity index is 453. The largest absolute Gasteiger partial charge is 0.338 e. The van der Waals surface area contributed by atoms with E-state index in [1.807, 2.05) is 30.3 Å². The van der Waals surface area contributed by atoms with Crippen LogP contribution >= 0.6 is 0 Å². The molecule has 78 valence electrons. The summed E-state index contributed by atoms with van der Waals surface area (Å²) in [7, 11) is 0. The van der Waals surface area contributed by atoms with E-state index in [1.54, 1.807) is 0 Å². The second-order valence-electron chi connectivity index (χ2n) is 4.84. The van der Waals surface area contributed by atoms with E-state index >= 15 is 0 Å². The number of allylic oxidation sites excluding steroid dienone is 1. The highest BCUT2D eigenvalue weighted by Crippen LogP contribution is 2.17. The first kappa shape index (κ1) is 9.97. The third-order valence-electron chi connectivity index (χ3n) is 2.15. The number of fused-ring (bicyclic) bond motifs is 1. The van der Waals surface area contributed by atoms with E-state index < -0.39 is 0 Å². The number of H-pyrrole nitrogens is 1. The average Bonchev–Trinajstić information content (AvgIpc) is 2.56. The van der Waals surface area contributed by atoms with Gasteiger partial charge in [-0.15, -0.1) is 0 Å². The van der Waals surface area contributed by atoms with Crippen LogP contribution in [0.4, 0.5) is 0 Å². The quantitative estimate of drug-likeness (QED) is 0.748. The van der Waals surface area contributed by atoms with E-state index in [2.05, 4.69) is 36.8 Å². The van der Waals surface area contributed by atoms with Gasteiger partial charge in [0.25, 0.3) is 0 Å². The first-order valence-electron chi connectivity index (χ1n) is 5.19. The van der Waals surface area contributed by atoms with Crippen molar-refractivity contribution < 1.29 is 0 Å². The molecule has 0 saturated heterocycles. The summed E-state index contributed by atoms with van der Waals surface area (Å²) in [6.45, 7) is 6.52. The van der Waals surface area contributed by atoms with Gasteiger partial charge in [0.1, 0.15) is 5.82 Å². The van der Waals surface area contributed by atoms with Gasteiger partial charge in [-0.05, 0) is 23.6 Å². The van der Waals surface area contributed by atoms with E-state index in [-0.39, 0.29) is 5.41 Å². The second-order valence-corrected chi connectivity index (χ2v) is 4.84. The molecule has 0 aliphatic carbocycles. The van der Waals surface area contributed by atoms with Crippen LogP contribution in [0.25, 0.3) is 17.1 Å². The minimum absolute atomic E-state index is 0.193. The van der Waals surface area contributed by atoms with Gasteiger partial charge in [-0.2, -0.15) is 0 Å². The fourth-order valence-corrected chi connectivity index (χ4v) is 1.38. The number of nitrogens with zero attached hydrogens (tertiary/aromatic N) is 1. The maximum atomic E-state index is 4.47. The standard InChI is InChI=1S/C13H16N2/c1-13(2,3)9-8-12-14-10-6-4-5-7-11(10)15-12/h4-9H,1-3H3,(H,14,15)/b9-8+. The third kappa shape index (κ3) is 2.46. The van der Waals surface area contributed by atoms with Crippen LogP contribution in [0.2, 0.25) is 0 Å². The summed E-state index contributed by atoms with van der Waals surface area (Å²) in [5.41, 5.74) is 2.30. The minimum atomic E-state index is 0.193. The molecule has 0 bridgehead atoms. The van der Waals surface area contributed by atoms with Gasteiger partial charge in [-0.1, -0.05) is 39.0 Å². The van der Waals surface area contributed by atoms with Crippen molar-refractivity contribution in [3.05, 3.63) is 36.2 Å². The number of aromatic amines is 1. The van der Waals surface area contributed by atoms with Crippen molar-refractivity contribution in [3.8, 4) is 0 Å². The average molecular weight is 200 g/mol. The topological polar surface area (TPSA) is 28.7 Å². The fourth-order valence-electron chi connectivity index (χ4n) is 1.38. The summed E-state index contributed by atoms with van der Waals surface area (Å²) < 4.78 is 0. The molecule has 1 aromatic heterocycles. The van der Waals surface area contributed by atoms with Crippen LogP contribution < -0.4 is 0 Å². The summed E-state index contributed by atoms with van der Waals surface area (Å²) >= 11 is 0. The van der Waals surface area contributed by atoms with Gasteiger partial charge in [-0.3, -0.25) is 0 Å². The van der Waals surface area contributed by atoms with Gasteiger partial charge < -0.3 is 4.98 Å². The highest BCUT2D eigenvalue weighted by Gasteiger charge is 2.04. The lowest BCUT2D eigenvalue weighted by Crippen LogP contribution is -1.98. The van der Waals surface area contributed by atoms with Gasteiger partial charge in [-0.25, -0.2) is 4.98 Å². The van der Waals surface area contributed by atoms with Crippen LogP contribution in [0, 0.1) is 5.41 Å². The van der Waals surface area contributed by atoms with Crippen molar-refractivity contribution in [2.45, 2.75) is 20.8 Å². The van der Waals surface area contributed by atoms with Crippen LogP contribution in [0.15, 0.2) is 30.3 Å². The lowest BCUT2D eigenvalue weighted by atomic mass is 9.96. The van der Waals surface area contributed by atoms with Crippen molar-refractivity contribution in [1.82, 2.24) is 9.97 Å². The lowest BCUT2D eigenvalue weighted by Gasteiger charge is -2.10. The smallest absolute Gasteiger partial charge is 0.130 e. The van der Waals surface area contributed by atoms with Crippen molar-refractivity contribution in [2.75, 3.05) is 0 Å². The number of rotatable bonds is 1. The molecule has 0 fully saturated rings. The maximum Gasteiger partial charge on any atom is 0.130 e. The summed E-state index contributed by atoms with van der Waals surface area (Å²) in [4.78, 5) is 7.74. The molecular formula is C13H16N2. The van der Waals surface area contributed by atoms with E-state index in [0.29, 0.717) is 0 Å². The molecule has 2 nitrogen and oxygen atoms in total. The number of hydrogen-bond donors (Lipinski definition) is 1. The molecule has 0 amide bonds. The monoisotopic (exact) mass is 200 g/mol. The van der Waals surface area contributed by atoms with Gasteiger partial charge in [0.2, 0.25) is 0 Å². The Morgan fingerprint density at radius 3 is 2.60 bits per heavy atom. The van der Waals surface area contributed by atoms with Gasteiger partial charge in [0.05, 0.1) is 11.0 Å². The summed E-state index contributed by atoms with van der Waals surface area (Å²) in [5.74, 6) is 0.922. The van der Waals surface area contributed by atoms with Gasteiger partial charge >= 0.3 is 0 Å². The van der Waals surface area contributed by atoms with Gasteiger partial charge in [0.15, 0.2) is 0 Å². The summed E-state index contributed by atoms with van der Waals surface area (Å²) in [6.07, 6.45) is 4.20. The van der Waals surface area contributed by atoms with Crippen LogP contribution in [0.3, 0.4) is 0 Å². The minimum Gasteiger partial charge on any atom is -0.338 e. The molecule has 0 saturated carbocycles. The summed E-state index contributed by atoms with van der Waals surface area (Å²) in [5, 5.41) is 0. The molecule has 0 spiro atoms. The molecular weight excluding hydrogens is 184 g/mol. The Morgan fingerprint density at radius 1 is 1.20 bits per heavy atom. The Balaban J connectivity index is 2.34. The number of nitrogens with one attached hydrogen (secondary N) is 1. The second kappa shape index (κ2) is 3.54. The molecule has 1 heterocycles. The Morgan fingerprint density at radius 2 is 1.93 bits per heavy atom.